The molecule has 0 bridgehead atoms. The number of Topliss-reactive ketones (excluding diaryl/α,β-unsaturated/α-hetero) is 1. The standard InChI is InChI=1S/C24H16FN3O4/c1-32-19-10-7-15(25)12-17(19)22(29)20-21(18-4-2-3-11-27-18)28(24(31)23(20)30)16-8-5-14(13-26)6-9-16/h2-12,21,29H,1H3/b22-20+. The van der Waals surface area contributed by atoms with Crippen LogP contribution in [0.4, 0.5) is 10.1 Å². The van der Waals surface area contributed by atoms with E-state index in [0.717, 1.165) is 12.1 Å². The van der Waals surface area contributed by atoms with Crippen molar-refractivity contribution in [3.05, 3.63) is 95.1 Å². The van der Waals surface area contributed by atoms with Gasteiger partial charge in [0.15, 0.2) is 0 Å². The van der Waals surface area contributed by atoms with Crippen molar-refractivity contribution in [1.29, 1.82) is 5.26 Å². The van der Waals surface area contributed by atoms with Crippen molar-refractivity contribution >= 4 is 23.1 Å². The van der Waals surface area contributed by atoms with Gasteiger partial charge in [-0.2, -0.15) is 5.26 Å². The Morgan fingerprint density at radius 3 is 2.53 bits per heavy atom. The van der Waals surface area contributed by atoms with Crippen molar-refractivity contribution in [3.63, 3.8) is 0 Å². The molecule has 1 amide bonds. The molecule has 2 heterocycles. The Morgan fingerprint density at radius 1 is 1.16 bits per heavy atom. The number of aliphatic hydroxyl groups is 1. The summed E-state index contributed by atoms with van der Waals surface area (Å²) in [6.07, 6.45) is 1.50. The summed E-state index contributed by atoms with van der Waals surface area (Å²) < 4.78 is 19.2. The molecule has 3 aromatic rings. The molecule has 0 radical (unpaired) electrons. The normalized spacial score (nSPS) is 17.3. The Bertz CT molecular complexity index is 1280. The summed E-state index contributed by atoms with van der Waals surface area (Å²) in [5.41, 5.74) is 0.734. The number of hydrogen-bond donors (Lipinski definition) is 1. The van der Waals surface area contributed by atoms with Crippen LogP contribution in [0.25, 0.3) is 5.76 Å². The van der Waals surface area contributed by atoms with Crippen molar-refractivity contribution in [2.24, 2.45) is 0 Å². The highest BCUT2D eigenvalue weighted by molar-refractivity contribution is 6.51. The Morgan fingerprint density at radius 2 is 1.91 bits per heavy atom. The minimum Gasteiger partial charge on any atom is -0.507 e. The van der Waals surface area contributed by atoms with E-state index in [1.54, 1.807) is 18.2 Å². The minimum atomic E-state index is -1.07. The molecule has 158 valence electrons. The molecule has 1 saturated heterocycles. The first-order chi connectivity index (χ1) is 15.5. The maximum atomic E-state index is 13.9. The highest BCUT2D eigenvalue weighted by atomic mass is 19.1. The molecule has 8 heteroatoms. The van der Waals surface area contributed by atoms with Crippen LogP contribution in [0.2, 0.25) is 0 Å². The average molecular weight is 429 g/mol. The number of methoxy groups -OCH3 is 1. The zero-order valence-electron chi connectivity index (χ0n) is 16.8. The molecule has 1 aliphatic heterocycles. The number of carbonyl (C=O) groups is 2. The lowest BCUT2D eigenvalue weighted by Gasteiger charge is -2.24. The fraction of sp³-hybridized carbons (Fsp3) is 0.0833. The van der Waals surface area contributed by atoms with Crippen LogP contribution in [-0.2, 0) is 9.59 Å². The molecule has 7 nitrogen and oxygen atoms in total. The van der Waals surface area contributed by atoms with Crippen LogP contribution in [0.15, 0.2) is 72.4 Å². The summed E-state index contributed by atoms with van der Waals surface area (Å²) in [6, 6.07) is 15.5. The summed E-state index contributed by atoms with van der Waals surface area (Å²) in [6.45, 7) is 0. The maximum Gasteiger partial charge on any atom is 0.300 e. The molecule has 32 heavy (non-hydrogen) atoms. The van der Waals surface area contributed by atoms with Gasteiger partial charge < -0.3 is 9.84 Å². The monoisotopic (exact) mass is 429 g/mol. The molecular weight excluding hydrogens is 413 g/mol. The SMILES string of the molecule is COc1ccc(F)cc1/C(O)=C1\C(=O)C(=O)N(c2ccc(C#N)cc2)C1c1ccccn1. The summed E-state index contributed by atoms with van der Waals surface area (Å²) in [5.74, 6) is -2.93. The van der Waals surface area contributed by atoms with E-state index in [2.05, 4.69) is 4.98 Å². The molecular formula is C24H16FN3O4. The van der Waals surface area contributed by atoms with Crippen LogP contribution >= 0.6 is 0 Å². The van der Waals surface area contributed by atoms with E-state index >= 15 is 0 Å². The molecule has 1 aliphatic rings. The molecule has 0 saturated carbocycles. The number of benzene rings is 2. The van der Waals surface area contributed by atoms with Crippen LogP contribution in [0.3, 0.4) is 0 Å². The number of carbonyl (C=O) groups excluding carboxylic acids is 2. The Kier molecular flexibility index (Phi) is 5.39. The van der Waals surface area contributed by atoms with E-state index in [9.17, 15) is 19.1 Å². The predicted octanol–water partition coefficient (Wildman–Crippen LogP) is 3.73. The van der Waals surface area contributed by atoms with Crippen molar-refractivity contribution in [3.8, 4) is 11.8 Å². The van der Waals surface area contributed by atoms with Crippen LogP contribution in [0.1, 0.15) is 22.9 Å². The van der Waals surface area contributed by atoms with Gasteiger partial charge in [-0.15, -0.1) is 0 Å². The number of pyridine rings is 1. The number of anilines is 1. The zero-order valence-corrected chi connectivity index (χ0v) is 16.8. The number of aliphatic hydroxyl groups excluding tert-OH is 1. The topological polar surface area (TPSA) is 104 Å². The first kappa shape index (κ1) is 20.8. The van der Waals surface area contributed by atoms with Gasteiger partial charge in [0.1, 0.15) is 23.4 Å². The number of nitrogens with zero attached hydrogens (tertiary/aromatic N) is 3. The minimum absolute atomic E-state index is 0.0636. The van der Waals surface area contributed by atoms with Gasteiger partial charge in [0.05, 0.1) is 35.6 Å². The first-order valence-electron chi connectivity index (χ1n) is 9.52. The second kappa shape index (κ2) is 8.32. The number of rotatable bonds is 4. The Hall–Kier alpha value is -4.51. The molecule has 1 aromatic heterocycles. The predicted molar refractivity (Wildman–Crippen MR) is 113 cm³/mol. The second-order valence-corrected chi connectivity index (χ2v) is 6.93. The lowest BCUT2D eigenvalue weighted by Crippen LogP contribution is -2.29. The van der Waals surface area contributed by atoms with Gasteiger partial charge in [-0.25, -0.2) is 4.39 Å². The van der Waals surface area contributed by atoms with Gasteiger partial charge in [0.25, 0.3) is 11.7 Å². The third-order valence-corrected chi connectivity index (χ3v) is 5.10. The van der Waals surface area contributed by atoms with Gasteiger partial charge in [-0.3, -0.25) is 19.5 Å². The molecule has 1 N–H and O–H groups in total. The highest BCUT2D eigenvalue weighted by Gasteiger charge is 2.47. The molecule has 1 atom stereocenters. The van der Waals surface area contributed by atoms with Crippen molar-refractivity contribution < 1.29 is 23.8 Å². The van der Waals surface area contributed by atoms with Crippen LogP contribution in [0.5, 0.6) is 5.75 Å². The number of ketones is 1. The molecule has 0 aliphatic carbocycles. The third-order valence-electron chi connectivity index (χ3n) is 5.10. The van der Waals surface area contributed by atoms with E-state index in [1.807, 2.05) is 6.07 Å². The average Bonchev–Trinajstić information content (AvgIpc) is 3.09. The van der Waals surface area contributed by atoms with Gasteiger partial charge in [0.2, 0.25) is 0 Å². The third kappa shape index (κ3) is 3.46. The molecule has 1 fully saturated rings. The zero-order chi connectivity index (χ0) is 22.8. The number of halogens is 1. The summed E-state index contributed by atoms with van der Waals surface area (Å²) in [5, 5.41) is 20.1. The second-order valence-electron chi connectivity index (χ2n) is 6.93. The van der Waals surface area contributed by atoms with Crippen molar-refractivity contribution in [2.45, 2.75) is 6.04 Å². The van der Waals surface area contributed by atoms with Gasteiger partial charge in [-0.05, 0) is 54.6 Å². The first-order valence-corrected chi connectivity index (χ1v) is 9.52. The van der Waals surface area contributed by atoms with Gasteiger partial charge in [-0.1, -0.05) is 6.07 Å². The summed E-state index contributed by atoms with van der Waals surface area (Å²) in [7, 11) is 1.34. The molecule has 0 spiro atoms. The van der Waals surface area contributed by atoms with E-state index < -0.39 is 29.3 Å². The van der Waals surface area contributed by atoms with Crippen LogP contribution in [0, 0.1) is 17.1 Å². The molecule has 1 unspecified atom stereocenters. The summed E-state index contributed by atoms with van der Waals surface area (Å²) in [4.78, 5) is 31.6. The fourth-order valence-electron chi connectivity index (χ4n) is 3.62. The largest absolute Gasteiger partial charge is 0.507 e. The highest BCUT2D eigenvalue weighted by Crippen LogP contribution is 2.42. The quantitative estimate of drug-likeness (QED) is 0.385. The number of ether oxygens (including phenoxy) is 1. The van der Waals surface area contributed by atoms with E-state index in [0.29, 0.717) is 16.9 Å². The van der Waals surface area contributed by atoms with E-state index in [4.69, 9.17) is 10.00 Å². The van der Waals surface area contributed by atoms with E-state index in [-0.39, 0.29) is 16.9 Å². The van der Waals surface area contributed by atoms with E-state index in [1.165, 1.54) is 48.5 Å². The van der Waals surface area contributed by atoms with Crippen molar-refractivity contribution in [1.82, 2.24) is 4.98 Å². The number of hydrogen-bond acceptors (Lipinski definition) is 6. The lowest BCUT2D eigenvalue weighted by atomic mass is 9.97. The van der Waals surface area contributed by atoms with Crippen LogP contribution in [-0.4, -0.2) is 28.9 Å². The number of nitriles is 1. The van der Waals surface area contributed by atoms with Gasteiger partial charge in [0, 0.05) is 11.9 Å². The van der Waals surface area contributed by atoms with Gasteiger partial charge >= 0.3 is 0 Å². The number of amides is 1. The maximum absolute atomic E-state index is 13.9. The smallest absolute Gasteiger partial charge is 0.300 e. The Labute approximate surface area is 182 Å². The lowest BCUT2D eigenvalue weighted by molar-refractivity contribution is -0.132. The fourth-order valence-corrected chi connectivity index (χ4v) is 3.62. The Balaban J connectivity index is 1.96. The summed E-state index contributed by atoms with van der Waals surface area (Å²) >= 11 is 0. The number of aromatic nitrogens is 1. The molecule has 4 rings (SSSR count). The van der Waals surface area contributed by atoms with Crippen LogP contribution < -0.4 is 9.64 Å². The van der Waals surface area contributed by atoms with Crippen molar-refractivity contribution in [2.75, 3.05) is 12.0 Å². The molecule has 2 aromatic carbocycles.